The standard InChI is InChI=1S/C5H9ClF3NO2S/c1-4(2-5(7,8)9)10-13(11,12)3-6/h4,10H,2-3H2,1H3. The second-order valence-corrected chi connectivity index (χ2v) is 4.90. The molecule has 1 atom stereocenters. The van der Waals surface area contributed by atoms with Gasteiger partial charge in [0.15, 0.2) is 0 Å². The van der Waals surface area contributed by atoms with Crippen molar-refractivity contribution < 1.29 is 21.6 Å². The first kappa shape index (κ1) is 13.0. The van der Waals surface area contributed by atoms with Gasteiger partial charge in [-0.05, 0) is 6.92 Å². The van der Waals surface area contributed by atoms with Crippen molar-refractivity contribution in [2.45, 2.75) is 25.6 Å². The van der Waals surface area contributed by atoms with E-state index < -0.39 is 33.9 Å². The van der Waals surface area contributed by atoms with E-state index in [1.54, 1.807) is 4.72 Å². The van der Waals surface area contributed by atoms with Crippen LogP contribution in [0.1, 0.15) is 13.3 Å². The Bertz CT molecular complexity index is 251. The Labute approximate surface area is 79.3 Å². The number of halogens is 4. The van der Waals surface area contributed by atoms with E-state index >= 15 is 0 Å². The molecule has 0 aromatic carbocycles. The zero-order valence-electron chi connectivity index (χ0n) is 6.73. The van der Waals surface area contributed by atoms with Gasteiger partial charge in [0, 0.05) is 6.04 Å². The fraction of sp³-hybridized carbons (Fsp3) is 1.00. The van der Waals surface area contributed by atoms with E-state index in [0.717, 1.165) is 6.92 Å². The molecule has 80 valence electrons. The van der Waals surface area contributed by atoms with Crippen LogP contribution in [0.25, 0.3) is 0 Å². The Kier molecular flexibility index (Phi) is 4.47. The molecule has 0 aliphatic rings. The fourth-order valence-corrected chi connectivity index (χ4v) is 1.68. The van der Waals surface area contributed by atoms with Crippen LogP contribution in [0.5, 0.6) is 0 Å². The van der Waals surface area contributed by atoms with E-state index in [0.29, 0.717) is 0 Å². The molecule has 0 aliphatic heterocycles. The molecule has 1 unspecified atom stereocenters. The van der Waals surface area contributed by atoms with Crippen LogP contribution in [0, 0.1) is 0 Å². The van der Waals surface area contributed by atoms with E-state index in [1.165, 1.54) is 0 Å². The highest BCUT2D eigenvalue weighted by Crippen LogP contribution is 2.21. The molecular formula is C5H9ClF3NO2S. The lowest BCUT2D eigenvalue weighted by Crippen LogP contribution is -2.36. The van der Waals surface area contributed by atoms with Crippen LogP contribution in [-0.2, 0) is 10.0 Å². The van der Waals surface area contributed by atoms with Crippen LogP contribution in [0.4, 0.5) is 13.2 Å². The van der Waals surface area contributed by atoms with E-state index in [9.17, 15) is 21.6 Å². The highest BCUT2D eigenvalue weighted by Gasteiger charge is 2.31. The van der Waals surface area contributed by atoms with Crippen LogP contribution >= 0.6 is 11.6 Å². The van der Waals surface area contributed by atoms with Gasteiger partial charge in [-0.25, -0.2) is 13.1 Å². The summed E-state index contributed by atoms with van der Waals surface area (Å²) in [6.07, 6.45) is -5.59. The number of hydrogen-bond donors (Lipinski definition) is 1. The maximum absolute atomic E-state index is 11.7. The van der Waals surface area contributed by atoms with Crippen molar-refractivity contribution in [2.24, 2.45) is 0 Å². The molecule has 0 spiro atoms. The topological polar surface area (TPSA) is 46.2 Å². The fourth-order valence-electron chi connectivity index (χ4n) is 0.727. The molecule has 0 fully saturated rings. The lowest BCUT2D eigenvalue weighted by Gasteiger charge is -2.14. The third-order valence-corrected chi connectivity index (χ3v) is 2.97. The summed E-state index contributed by atoms with van der Waals surface area (Å²) in [6.45, 7) is 1.12. The summed E-state index contributed by atoms with van der Waals surface area (Å²) < 4.78 is 58.3. The largest absolute Gasteiger partial charge is 0.390 e. The SMILES string of the molecule is CC(CC(F)(F)F)NS(=O)(=O)CCl. The van der Waals surface area contributed by atoms with Crippen molar-refractivity contribution in [3.05, 3.63) is 0 Å². The normalized spacial score (nSPS) is 15.8. The maximum atomic E-state index is 11.7. The van der Waals surface area contributed by atoms with Gasteiger partial charge in [-0.15, -0.1) is 11.6 Å². The Hall–Kier alpha value is -0.0100. The van der Waals surface area contributed by atoms with Crippen molar-refractivity contribution in [3.63, 3.8) is 0 Å². The van der Waals surface area contributed by atoms with E-state index in [1.807, 2.05) is 0 Å². The maximum Gasteiger partial charge on any atom is 0.390 e. The minimum Gasteiger partial charge on any atom is -0.211 e. The van der Waals surface area contributed by atoms with Crippen LogP contribution in [0.2, 0.25) is 0 Å². The van der Waals surface area contributed by atoms with Gasteiger partial charge in [-0.3, -0.25) is 0 Å². The molecule has 0 aromatic heterocycles. The average Bonchev–Trinajstić information content (AvgIpc) is 1.81. The summed E-state index contributed by atoms with van der Waals surface area (Å²) >= 11 is 4.98. The first-order valence-corrected chi connectivity index (χ1v) is 5.47. The summed E-state index contributed by atoms with van der Waals surface area (Å²) in [6, 6.07) is -1.19. The van der Waals surface area contributed by atoms with Crippen molar-refractivity contribution >= 4 is 21.6 Å². The molecule has 0 aromatic rings. The van der Waals surface area contributed by atoms with E-state index in [4.69, 9.17) is 11.6 Å². The number of hydrogen-bond acceptors (Lipinski definition) is 2. The molecule has 0 aliphatic carbocycles. The van der Waals surface area contributed by atoms with Crippen molar-refractivity contribution in [2.75, 3.05) is 5.21 Å². The molecule has 0 amide bonds. The van der Waals surface area contributed by atoms with Crippen LogP contribution < -0.4 is 4.72 Å². The van der Waals surface area contributed by atoms with Gasteiger partial charge in [0.2, 0.25) is 10.0 Å². The van der Waals surface area contributed by atoms with Gasteiger partial charge in [0.25, 0.3) is 0 Å². The quantitative estimate of drug-likeness (QED) is 0.755. The highest BCUT2D eigenvalue weighted by molar-refractivity contribution is 7.90. The Morgan fingerprint density at radius 1 is 1.46 bits per heavy atom. The van der Waals surface area contributed by atoms with Crippen molar-refractivity contribution in [1.29, 1.82) is 0 Å². The first-order valence-electron chi connectivity index (χ1n) is 3.29. The molecule has 3 nitrogen and oxygen atoms in total. The third-order valence-electron chi connectivity index (χ3n) is 1.06. The minimum atomic E-state index is -4.38. The lowest BCUT2D eigenvalue weighted by atomic mass is 10.2. The zero-order valence-corrected chi connectivity index (χ0v) is 8.30. The Morgan fingerprint density at radius 3 is 2.23 bits per heavy atom. The summed E-state index contributed by atoms with van der Waals surface area (Å²) in [5, 5.41) is -0.741. The van der Waals surface area contributed by atoms with Gasteiger partial charge in [0.05, 0.1) is 6.42 Å². The number of sulfonamides is 1. The van der Waals surface area contributed by atoms with Crippen LogP contribution in [-0.4, -0.2) is 25.8 Å². The first-order chi connectivity index (χ1) is 5.66. The molecule has 0 saturated heterocycles. The van der Waals surface area contributed by atoms with Gasteiger partial charge in [0.1, 0.15) is 5.21 Å². The summed E-state index contributed by atoms with van der Waals surface area (Å²) in [5.74, 6) is 0. The number of nitrogens with one attached hydrogen (secondary N) is 1. The molecule has 0 heterocycles. The van der Waals surface area contributed by atoms with Crippen LogP contribution in [0.15, 0.2) is 0 Å². The highest BCUT2D eigenvalue weighted by atomic mass is 35.5. The van der Waals surface area contributed by atoms with E-state index in [-0.39, 0.29) is 0 Å². The van der Waals surface area contributed by atoms with Crippen molar-refractivity contribution in [3.8, 4) is 0 Å². The monoisotopic (exact) mass is 239 g/mol. The molecule has 1 N–H and O–H groups in total. The van der Waals surface area contributed by atoms with Gasteiger partial charge in [-0.2, -0.15) is 13.2 Å². The molecular weight excluding hydrogens is 231 g/mol. The molecule has 0 rings (SSSR count). The lowest BCUT2D eigenvalue weighted by molar-refractivity contribution is -0.137. The summed E-state index contributed by atoms with van der Waals surface area (Å²) in [7, 11) is -3.78. The molecule has 8 heteroatoms. The predicted octanol–water partition coefficient (Wildman–Crippen LogP) is 1.44. The number of rotatable bonds is 4. The summed E-state index contributed by atoms with van der Waals surface area (Å²) in [5.41, 5.74) is 0. The molecule has 0 saturated carbocycles. The zero-order chi connectivity index (χ0) is 10.7. The second kappa shape index (κ2) is 4.47. The Balaban J connectivity index is 4.10. The van der Waals surface area contributed by atoms with Gasteiger partial charge >= 0.3 is 6.18 Å². The van der Waals surface area contributed by atoms with Gasteiger partial charge < -0.3 is 0 Å². The second-order valence-electron chi connectivity index (χ2n) is 2.56. The number of alkyl halides is 4. The van der Waals surface area contributed by atoms with E-state index in [2.05, 4.69) is 0 Å². The molecule has 0 radical (unpaired) electrons. The summed E-state index contributed by atoms with van der Waals surface area (Å²) in [4.78, 5) is 0. The van der Waals surface area contributed by atoms with Crippen LogP contribution in [0.3, 0.4) is 0 Å². The minimum absolute atomic E-state index is 0.741. The third kappa shape index (κ3) is 7.09. The van der Waals surface area contributed by atoms with Gasteiger partial charge in [-0.1, -0.05) is 0 Å². The van der Waals surface area contributed by atoms with Crippen molar-refractivity contribution in [1.82, 2.24) is 4.72 Å². The molecule has 13 heavy (non-hydrogen) atoms. The average molecular weight is 240 g/mol. The predicted molar refractivity (Wildman–Crippen MR) is 42.9 cm³/mol. The Morgan fingerprint density at radius 2 is 1.92 bits per heavy atom. The smallest absolute Gasteiger partial charge is 0.211 e. The molecule has 0 bridgehead atoms.